The highest BCUT2D eigenvalue weighted by Gasteiger charge is 1.92. The van der Waals surface area contributed by atoms with Crippen LogP contribution in [0, 0.1) is 0 Å². The fourth-order valence-corrected chi connectivity index (χ4v) is 1.86. The minimum absolute atomic E-state index is 0.0223. The van der Waals surface area contributed by atoms with Gasteiger partial charge >= 0.3 is 0 Å². The SMILES string of the molecule is CC(=O)NCCC=Cc1ccc2ccccc2c1. The number of fused-ring (bicyclic) bond motifs is 1. The number of rotatable bonds is 4. The summed E-state index contributed by atoms with van der Waals surface area (Å²) >= 11 is 0. The third-order valence-electron chi connectivity index (χ3n) is 2.77. The summed E-state index contributed by atoms with van der Waals surface area (Å²) in [5.74, 6) is 0.0223. The molecule has 2 aromatic rings. The van der Waals surface area contributed by atoms with Crippen molar-refractivity contribution in [1.29, 1.82) is 0 Å². The van der Waals surface area contributed by atoms with E-state index in [1.807, 2.05) is 12.1 Å². The zero-order valence-corrected chi connectivity index (χ0v) is 10.5. The molecule has 2 heteroatoms. The third kappa shape index (κ3) is 3.45. The molecule has 0 atom stereocenters. The van der Waals surface area contributed by atoms with Crippen LogP contribution in [0.25, 0.3) is 16.8 Å². The average Bonchev–Trinajstić information content (AvgIpc) is 2.38. The lowest BCUT2D eigenvalue weighted by Crippen LogP contribution is -2.20. The molecule has 2 aromatic carbocycles. The van der Waals surface area contributed by atoms with Gasteiger partial charge in [0.2, 0.25) is 5.91 Å². The van der Waals surface area contributed by atoms with Gasteiger partial charge in [-0.15, -0.1) is 0 Å². The van der Waals surface area contributed by atoms with Crippen molar-refractivity contribution in [2.75, 3.05) is 6.54 Å². The van der Waals surface area contributed by atoms with Gasteiger partial charge in [-0.3, -0.25) is 4.79 Å². The van der Waals surface area contributed by atoms with E-state index in [2.05, 4.69) is 47.8 Å². The number of hydrogen-bond donors (Lipinski definition) is 1. The third-order valence-corrected chi connectivity index (χ3v) is 2.77. The second-order valence-corrected chi connectivity index (χ2v) is 4.28. The van der Waals surface area contributed by atoms with Crippen molar-refractivity contribution in [2.24, 2.45) is 0 Å². The van der Waals surface area contributed by atoms with E-state index in [1.54, 1.807) is 0 Å². The van der Waals surface area contributed by atoms with E-state index in [4.69, 9.17) is 0 Å². The zero-order chi connectivity index (χ0) is 12.8. The molecule has 0 heterocycles. The monoisotopic (exact) mass is 239 g/mol. The lowest BCUT2D eigenvalue weighted by atomic mass is 10.1. The van der Waals surface area contributed by atoms with E-state index in [9.17, 15) is 4.79 Å². The van der Waals surface area contributed by atoms with Gasteiger partial charge < -0.3 is 5.32 Å². The minimum Gasteiger partial charge on any atom is -0.356 e. The van der Waals surface area contributed by atoms with Crippen LogP contribution in [-0.4, -0.2) is 12.5 Å². The van der Waals surface area contributed by atoms with Crippen molar-refractivity contribution in [2.45, 2.75) is 13.3 Å². The highest BCUT2D eigenvalue weighted by Crippen LogP contribution is 2.16. The predicted octanol–water partition coefficient (Wildman–Crippen LogP) is 3.38. The average molecular weight is 239 g/mol. The van der Waals surface area contributed by atoms with Crippen molar-refractivity contribution in [1.82, 2.24) is 5.32 Å². The van der Waals surface area contributed by atoms with Crippen molar-refractivity contribution >= 4 is 22.8 Å². The van der Waals surface area contributed by atoms with Gasteiger partial charge in [0.05, 0.1) is 0 Å². The lowest BCUT2D eigenvalue weighted by molar-refractivity contribution is -0.118. The van der Waals surface area contributed by atoms with Crippen molar-refractivity contribution in [3.63, 3.8) is 0 Å². The Morgan fingerprint density at radius 3 is 2.72 bits per heavy atom. The Labute approximate surface area is 107 Å². The molecule has 0 aliphatic carbocycles. The van der Waals surface area contributed by atoms with Gasteiger partial charge in [-0.2, -0.15) is 0 Å². The van der Waals surface area contributed by atoms with Crippen LogP contribution in [-0.2, 0) is 4.79 Å². The quantitative estimate of drug-likeness (QED) is 0.814. The van der Waals surface area contributed by atoms with Gasteiger partial charge in [-0.1, -0.05) is 48.6 Å². The minimum atomic E-state index is 0.0223. The molecule has 0 saturated carbocycles. The van der Waals surface area contributed by atoms with Crippen LogP contribution in [0.4, 0.5) is 0 Å². The van der Waals surface area contributed by atoms with Gasteiger partial charge in [0.15, 0.2) is 0 Å². The maximum atomic E-state index is 10.7. The second kappa shape index (κ2) is 6.01. The Bertz CT molecular complexity index is 572. The molecule has 0 aromatic heterocycles. The van der Waals surface area contributed by atoms with E-state index in [0.29, 0.717) is 6.54 Å². The Kier molecular flexibility index (Phi) is 4.13. The molecular weight excluding hydrogens is 222 g/mol. The first-order chi connectivity index (χ1) is 8.75. The van der Waals surface area contributed by atoms with Crippen molar-refractivity contribution < 1.29 is 4.79 Å². The lowest BCUT2D eigenvalue weighted by Gasteiger charge is -2.00. The summed E-state index contributed by atoms with van der Waals surface area (Å²) < 4.78 is 0. The maximum absolute atomic E-state index is 10.7. The topological polar surface area (TPSA) is 29.1 Å². The molecule has 92 valence electrons. The fraction of sp³-hybridized carbons (Fsp3) is 0.188. The first kappa shape index (κ1) is 12.4. The highest BCUT2D eigenvalue weighted by molar-refractivity contribution is 5.84. The van der Waals surface area contributed by atoms with Crippen molar-refractivity contribution in [3.05, 3.63) is 54.1 Å². The van der Waals surface area contributed by atoms with E-state index in [-0.39, 0.29) is 5.91 Å². The fourth-order valence-electron chi connectivity index (χ4n) is 1.86. The molecule has 0 aliphatic heterocycles. The molecule has 0 saturated heterocycles. The molecule has 0 spiro atoms. The molecule has 0 fully saturated rings. The number of nitrogens with one attached hydrogen (secondary N) is 1. The normalized spacial score (nSPS) is 10.9. The summed E-state index contributed by atoms with van der Waals surface area (Å²) in [6.45, 7) is 2.23. The van der Waals surface area contributed by atoms with Crippen LogP contribution in [0.3, 0.4) is 0 Å². The van der Waals surface area contributed by atoms with Crippen LogP contribution in [0.1, 0.15) is 18.9 Å². The number of benzene rings is 2. The molecule has 0 bridgehead atoms. The van der Waals surface area contributed by atoms with Crippen LogP contribution in [0.15, 0.2) is 48.5 Å². The Hall–Kier alpha value is -2.09. The molecule has 0 aliphatic rings. The van der Waals surface area contributed by atoms with E-state index >= 15 is 0 Å². The highest BCUT2D eigenvalue weighted by atomic mass is 16.1. The number of hydrogen-bond acceptors (Lipinski definition) is 1. The van der Waals surface area contributed by atoms with Crippen molar-refractivity contribution in [3.8, 4) is 0 Å². The molecule has 1 amide bonds. The largest absolute Gasteiger partial charge is 0.356 e. The molecule has 2 nitrogen and oxygen atoms in total. The first-order valence-corrected chi connectivity index (χ1v) is 6.15. The zero-order valence-electron chi connectivity index (χ0n) is 10.5. The van der Waals surface area contributed by atoms with Gasteiger partial charge in [0, 0.05) is 13.5 Å². The summed E-state index contributed by atoms with van der Waals surface area (Å²) in [6.07, 6.45) is 5.03. The Morgan fingerprint density at radius 2 is 1.94 bits per heavy atom. The summed E-state index contributed by atoms with van der Waals surface area (Å²) in [6, 6.07) is 14.7. The van der Waals surface area contributed by atoms with Gasteiger partial charge in [-0.05, 0) is 28.8 Å². The van der Waals surface area contributed by atoms with E-state index < -0.39 is 0 Å². The Balaban J connectivity index is 1.99. The van der Waals surface area contributed by atoms with Crippen LogP contribution in [0.5, 0.6) is 0 Å². The summed E-state index contributed by atoms with van der Waals surface area (Å²) in [4.78, 5) is 10.7. The van der Waals surface area contributed by atoms with Crippen LogP contribution >= 0.6 is 0 Å². The molecule has 0 radical (unpaired) electrons. The maximum Gasteiger partial charge on any atom is 0.216 e. The standard InChI is InChI=1S/C16H17NO/c1-13(18)17-11-5-4-6-14-9-10-15-7-2-3-8-16(15)12-14/h2-4,6-10,12H,5,11H2,1H3,(H,17,18). The Morgan fingerprint density at radius 1 is 1.17 bits per heavy atom. The number of carbonyl (C=O) groups excluding carboxylic acids is 1. The second-order valence-electron chi connectivity index (χ2n) is 4.28. The van der Waals surface area contributed by atoms with Crippen LogP contribution < -0.4 is 5.32 Å². The summed E-state index contributed by atoms with van der Waals surface area (Å²) in [5, 5.41) is 5.28. The van der Waals surface area contributed by atoms with Gasteiger partial charge in [0.25, 0.3) is 0 Å². The number of amides is 1. The molecule has 1 N–H and O–H groups in total. The summed E-state index contributed by atoms with van der Waals surface area (Å²) in [5.41, 5.74) is 1.19. The molecule has 18 heavy (non-hydrogen) atoms. The number of carbonyl (C=O) groups is 1. The molecular formula is C16H17NO. The van der Waals surface area contributed by atoms with Gasteiger partial charge in [0.1, 0.15) is 0 Å². The first-order valence-electron chi connectivity index (χ1n) is 6.15. The van der Waals surface area contributed by atoms with Gasteiger partial charge in [-0.25, -0.2) is 0 Å². The smallest absolute Gasteiger partial charge is 0.216 e. The van der Waals surface area contributed by atoms with E-state index in [1.165, 1.54) is 23.3 Å². The predicted molar refractivity (Wildman–Crippen MR) is 76.3 cm³/mol. The van der Waals surface area contributed by atoms with Crippen LogP contribution in [0.2, 0.25) is 0 Å². The van der Waals surface area contributed by atoms with E-state index in [0.717, 1.165) is 6.42 Å². The molecule has 0 unspecified atom stereocenters. The summed E-state index contributed by atoms with van der Waals surface area (Å²) in [7, 11) is 0. The molecule has 2 rings (SSSR count).